The van der Waals surface area contributed by atoms with Crippen LogP contribution in [0.5, 0.6) is 0 Å². The minimum Gasteiger partial charge on any atom is -0.309 e. The Kier molecular flexibility index (Phi) is 2.45. The van der Waals surface area contributed by atoms with Crippen molar-refractivity contribution in [2.75, 3.05) is 0 Å². The first-order chi connectivity index (χ1) is 7.43. The molecule has 0 spiro atoms. The molecule has 0 aromatic carbocycles. The van der Waals surface area contributed by atoms with E-state index in [1.54, 1.807) is 0 Å². The van der Waals surface area contributed by atoms with Gasteiger partial charge < -0.3 is 5.32 Å². The van der Waals surface area contributed by atoms with Crippen molar-refractivity contribution in [3.05, 3.63) is 30.1 Å². The van der Waals surface area contributed by atoms with Crippen molar-refractivity contribution in [2.24, 2.45) is 11.8 Å². The molecular weight excluding hydrogens is 184 g/mol. The van der Waals surface area contributed by atoms with Gasteiger partial charge in [0.25, 0.3) is 0 Å². The first kappa shape index (κ1) is 9.34. The smallest absolute Gasteiger partial charge is 0.0312 e. The molecule has 0 radical (unpaired) electrons. The minimum atomic E-state index is 0.796. The number of hydrogen-bond acceptors (Lipinski definition) is 2. The molecule has 0 unspecified atom stereocenters. The summed E-state index contributed by atoms with van der Waals surface area (Å²) in [5, 5.41) is 3.72. The highest BCUT2D eigenvalue weighted by atomic mass is 14.9. The summed E-state index contributed by atoms with van der Waals surface area (Å²) in [4.78, 5) is 4.14. The Bertz CT molecular complexity index is 303. The summed E-state index contributed by atoms with van der Waals surface area (Å²) >= 11 is 0. The Labute approximate surface area is 91.1 Å². The lowest BCUT2D eigenvalue weighted by molar-refractivity contribution is 0.415. The van der Waals surface area contributed by atoms with Gasteiger partial charge in [0.1, 0.15) is 0 Å². The van der Waals surface area contributed by atoms with E-state index in [4.69, 9.17) is 0 Å². The van der Waals surface area contributed by atoms with Gasteiger partial charge in [-0.1, -0.05) is 6.07 Å². The van der Waals surface area contributed by atoms with Crippen LogP contribution < -0.4 is 5.32 Å². The zero-order valence-corrected chi connectivity index (χ0v) is 9.02. The predicted molar refractivity (Wildman–Crippen MR) is 60.3 cm³/mol. The van der Waals surface area contributed by atoms with Crippen LogP contribution in [0.1, 0.15) is 31.2 Å². The molecule has 1 aromatic heterocycles. The average molecular weight is 202 g/mol. The van der Waals surface area contributed by atoms with Gasteiger partial charge in [0.05, 0.1) is 0 Å². The third-order valence-electron chi connectivity index (χ3n) is 3.52. The van der Waals surface area contributed by atoms with Gasteiger partial charge in [0.2, 0.25) is 0 Å². The van der Waals surface area contributed by atoms with E-state index in [2.05, 4.69) is 16.4 Å². The van der Waals surface area contributed by atoms with Crippen LogP contribution in [0.3, 0.4) is 0 Å². The van der Waals surface area contributed by atoms with E-state index in [-0.39, 0.29) is 0 Å². The molecule has 80 valence electrons. The van der Waals surface area contributed by atoms with Gasteiger partial charge in [0.15, 0.2) is 0 Å². The van der Waals surface area contributed by atoms with Crippen LogP contribution in [0.2, 0.25) is 0 Å². The van der Waals surface area contributed by atoms with Crippen molar-refractivity contribution in [1.29, 1.82) is 0 Å². The van der Waals surface area contributed by atoms with Gasteiger partial charge >= 0.3 is 0 Å². The molecule has 2 heteroatoms. The van der Waals surface area contributed by atoms with Gasteiger partial charge in [-0.25, -0.2) is 0 Å². The minimum absolute atomic E-state index is 0.796. The number of aromatic nitrogens is 1. The van der Waals surface area contributed by atoms with Crippen LogP contribution in [0.15, 0.2) is 24.5 Å². The predicted octanol–water partition coefficient (Wildman–Crippen LogP) is 2.36. The molecule has 0 amide bonds. The van der Waals surface area contributed by atoms with Crippen LogP contribution in [0, 0.1) is 11.8 Å². The highest BCUT2D eigenvalue weighted by Crippen LogP contribution is 2.44. The Morgan fingerprint density at radius 2 is 2.00 bits per heavy atom. The van der Waals surface area contributed by atoms with Crippen molar-refractivity contribution < 1.29 is 0 Å². The summed E-state index contributed by atoms with van der Waals surface area (Å²) in [5.41, 5.74) is 1.31. The number of nitrogens with zero attached hydrogens (tertiary/aromatic N) is 1. The van der Waals surface area contributed by atoms with Crippen molar-refractivity contribution in [2.45, 2.75) is 38.3 Å². The second-order valence-electron chi connectivity index (χ2n) is 4.94. The van der Waals surface area contributed by atoms with Crippen molar-refractivity contribution in [1.82, 2.24) is 10.3 Å². The second-order valence-corrected chi connectivity index (χ2v) is 4.94. The molecule has 15 heavy (non-hydrogen) atoms. The average Bonchev–Trinajstić information content (AvgIpc) is 3.14. The van der Waals surface area contributed by atoms with Crippen molar-refractivity contribution in [3.8, 4) is 0 Å². The van der Waals surface area contributed by atoms with Crippen LogP contribution in [-0.4, -0.2) is 11.0 Å². The zero-order chi connectivity index (χ0) is 10.1. The molecule has 2 aliphatic rings. The van der Waals surface area contributed by atoms with Gasteiger partial charge in [-0.15, -0.1) is 0 Å². The maximum atomic E-state index is 4.14. The topological polar surface area (TPSA) is 24.9 Å². The molecule has 0 aliphatic heterocycles. The fourth-order valence-corrected chi connectivity index (χ4v) is 2.37. The van der Waals surface area contributed by atoms with E-state index in [9.17, 15) is 0 Å². The molecule has 2 saturated carbocycles. The first-order valence-electron chi connectivity index (χ1n) is 6.06. The van der Waals surface area contributed by atoms with Gasteiger partial charge in [-0.05, 0) is 49.1 Å². The Morgan fingerprint density at radius 1 is 1.27 bits per heavy atom. The van der Waals surface area contributed by atoms with Crippen LogP contribution >= 0.6 is 0 Å². The lowest BCUT2D eigenvalue weighted by Crippen LogP contribution is -2.32. The SMILES string of the molecule is c1cncc(CNC(C2CC2)C2CC2)c1. The molecule has 0 atom stereocenters. The number of pyridine rings is 1. The monoisotopic (exact) mass is 202 g/mol. The lowest BCUT2D eigenvalue weighted by Gasteiger charge is -2.17. The fraction of sp³-hybridized carbons (Fsp3) is 0.615. The quantitative estimate of drug-likeness (QED) is 0.793. The second kappa shape index (κ2) is 3.93. The van der Waals surface area contributed by atoms with E-state index in [1.807, 2.05) is 18.5 Å². The summed E-state index contributed by atoms with van der Waals surface area (Å²) in [7, 11) is 0. The van der Waals surface area contributed by atoms with Crippen LogP contribution in [-0.2, 0) is 6.54 Å². The van der Waals surface area contributed by atoms with E-state index >= 15 is 0 Å². The number of hydrogen-bond donors (Lipinski definition) is 1. The Morgan fingerprint density at radius 3 is 2.53 bits per heavy atom. The molecule has 2 nitrogen and oxygen atoms in total. The summed E-state index contributed by atoms with van der Waals surface area (Å²) in [5.74, 6) is 1.96. The molecule has 0 saturated heterocycles. The number of rotatable bonds is 5. The molecule has 2 aliphatic carbocycles. The molecule has 1 aromatic rings. The standard InChI is InChI=1S/C13H18N2/c1-2-10(8-14-7-1)9-15-13(11-3-4-11)12-5-6-12/h1-2,7-8,11-13,15H,3-6,9H2. The highest BCUT2D eigenvalue weighted by Gasteiger charge is 2.40. The van der Waals surface area contributed by atoms with Gasteiger partial charge in [0, 0.05) is 25.0 Å². The van der Waals surface area contributed by atoms with E-state index in [0.717, 1.165) is 24.4 Å². The fourth-order valence-electron chi connectivity index (χ4n) is 2.37. The summed E-state index contributed by atoms with van der Waals surface area (Å²) < 4.78 is 0. The molecule has 0 bridgehead atoms. The van der Waals surface area contributed by atoms with E-state index in [1.165, 1.54) is 31.2 Å². The number of nitrogens with one attached hydrogen (secondary N) is 1. The van der Waals surface area contributed by atoms with E-state index < -0.39 is 0 Å². The summed E-state index contributed by atoms with van der Waals surface area (Å²) in [6.45, 7) is 0.992. The summed E-state index contributed by atoms with van der Waals surface area (Å²) in [6.07, 6.45) is 9.58. The van der Waals surface area contributed by atoms with Crippen molar-refractivity contribution in [3.63, 3.8) is 0 Å². The molecule has 2 fully saturated rings. The van der Waals surface area contributed by atoms with Crippen LogP contribution in [0.25, 0.3) is 0 Å². The van der Waals surface area contributed by atoms with Crippen molar-refractivity contribution >= 4 is 0 Å². The Hall–Kier alpha value is -0.890. The maximum absolute atomic E-state index is 4.14. The molecular formula is C13H18N2. The lowest BCUT2D eigenvalue weighted by atomic mass is 10.1. The normalized spacial score (nSPS) is 20.9. The Balaban J connectivity index is 1.55. The first-order valence-corrected chi connectivity index (χ1v) is 6.06. The third kappa shape index (κ3) is 2.37. The maximum Gasteiger partial charge on any atom is 0.0312 e. The summed E-state index contributed by atoms with van der Waals surface area (Å²) in [6, 6.07) is 4.96. The van der Waals surface area contributed by atoms with Gasteiger partial charge in [-0.2, -0.15) is 0 Å². The molecule has 1 heterocycles. The highest BCUT2D eigenvalue weighted by molar-refractivity contribution is 5.09. The van der Waals surface area contributed by atoms with Gasteiger partial charge in [-0.3, -0.25) is 4.98 Å². The van der Waals surface area contributed by atoms with Crippen LogP contribution in [0.4, 0.5) is 0 Å². The largest absolute Gasteiger partial charge is 0.309 e. The molecule has 3 rings (SSSR count). The zero-order valence-electron chi connectivity index (χ0n) is 9.02. The third-order valence-corrected chi connectivity index (χ3v) is 3.52. The van der Waals surface area contributed by atoms with E-state index in [0.29, 0.717) is 0 Å². The molecule has 1 N–H and O–H groups in total.